The molecule has 0 atom stereocenters. The van der Waals surface area contributed by atoms with E-state index in [4.69, 9.17) is 9.47 Å². The van der Waals surface area contributed by atoms with Crippen LogP contribution in [0.3, 0.4) is 0 Å². The van der Waals surface area contributed by atoms with Gasteiger partial charge >= 0.3 is 0 Å². The smallest absolute Gasteiger partial charge is 0.195 e. The third-order valence-electron chi connectivity index (χ3n) is 2.28. The van der Waals surface area contributed by atoms with Crippen LogP contribution in [-0.2, 0) is 15.3 Å². The summed E-state index contributed by atoms with van der Waals surface area (Å²) in [5.41, 5.74) is 0.106. The van der Waals surface area contributed by atoms with Crippen molar-refractivity contribution in [3.8, 4) is 0 Å². The molecule has 0 spiro atoms. The first-order chi connectivity index (χ1) is 6.63. The van der Waals surface area contributed by atoms with E-state index in [1.165, 1.54) is 12.1 Å². The Morgan fingerprint density at radius 2 is 1.86 bits per heavy atom. The predicted octanol–water partition coefficient (Wildman–Crippen LogP) is 2.18. The van der Waals surface area contributed by atoms with Crippen LogP contribution in [0.25, 0.3) is 0 Å². The van der Waals surface area contributed by atoms with Crippen LogP contribution in [0.1, 0.15) is 12.5 Å². The van der Waals surface area contributed by atoms with E-state index < -0.39 is 17.4 Å². The van der Waals surface area contributed by atoms with Gasteiger partial charge in [0.15, 0.2) is 17.4 Å². The zero-order valence-electron chi connectivity index (χ0n) is 7.72. The second-order valence-electron chi connectivity index (χ2n) is 3.24. The standard InChI is InChI=1S/C10H10F2O2/c1-10(13-5-6-14-10)7-3-2-4-8(11)9(7)12/h2-4H,5-6H2,1H3. The monoisotopic (exact) mass is 200 g/mol. The SMILES string of the molecule is CC1(c2cccc(F)c2F)OCCO1. The summed E-state index contributed by atoms with van der Waals surface area (Å²) in [5, 5.41) is 0. The number of benzene rings is 1. The van der Waals surface area contributed by atoms with Gasteiger partial charge < -0.3 is 9.47 Å². The first kappa shape index (κ1) is 9.55. The maximum absolute atomic E-state index is 13.4. The summed E-state index contributed by atoms with van der Waals surface area (Å²) in [7, 11) is 0. The lowest BCUT2D eigenvalue weighted by atomic mass is 10.1. The van der Waals surface area contributed by atoms with Crippen molar-refractivity contribution < 1.29 is 18.3 Å². The molecule has 14 heavy (non-hydrogen) atoms. The van der Waals surface area contributed by atoms with Gasteiger partial charge in [0.1, 0.15) is 0 Å². The Labute approximate surface area is 80.4 Å². The molecule has 2 rings (SSSR count). The Bertz CT molecular complexity index is 346. The van der Waals surface area contributed by atoms with Gasteiger partial charge in [-0.15, -0.1) is 0 Å². The van der Waals surface area contributed by atoms with Crippen LogP contribution in [0.2, 0.25) is 0 Å². The summed E-state index contributed by atoms with van der Waals surface area (Å²) in [4.78, 5) is 0. The van der Waals surface area contributed by atoms with E-state index in [0.29, 0.717) is 13.2 Å². The van der Waals surface area contributed by atoms with Gasteiger partial charge in [-0.25, -0.2) is 8.78 Å². The van der Waals surface area contributed by atoms with Gasteiger partial charge in [0.2, 0.25) is 0 Å². The van der Waals surface area contributed by atoms with E-state index >= 15 is 0 Å². The molecule has 76 valence electrons. The molecule has 1 aliphatic rings. The minimum absolute atomic E-state index is 0.106. The maximum atomic E-state index is 13.4. The molecule has 0 radical (unpaired) electrons. The molecule has 0 bridgehead atoms. The molecule has 0 N–H and O–H groups in total. The van der Waals surface area contributed by atoms with Gasteiger partial charge in [-0.05, 0) is 13.0 Å². The molecular formula is C10H10F2O2. The number of hydrogen-bond acceptors (Lipinski definition) is 2. The minimum Gasteiger partial charge on any atom is -0.344 e. The quantitative estimate of drug-likeness (QED) is 0.691. The Kier molecular flexibility index (Phi) is 2.25. The zero-order chi connectivity index (χ0) is 10.2. The third kappa shape index (κ3) is 1.40. The highest BCUT2D eigenvalue weighted by Crippen LogP contribution is 2.32. The molecule has 1 aromatic rings. The number of hydrogen-bond donors (Lipinski definition) is 0. The fraction of sp³-hybridized carbons (Fsp3) is 0.400. The van der Waals surface area contributed by atoms with Crippen molar-refractivity contribution in [1.82, 2.24) is 0 Å². The summed E-state index contributed by atoms with van der Waals surface area (Å²) in [6.07, 6.45) is 0. The molecule has 0 amide bonds. The van der Waals surface area contributed by atoms with Crippen LogP contribution in [0.5, 0.6) is 0 Å². The minimum atomic E-state index is -1.15. The van der Waals surface area contributed by atoms with Crippen molar-refractivity contribution in [2.45, 2.75) is 12.7 Å². The summed E-state index contributed by atoms with van der Waals surface area (Å²) < 4.78 is 36.7. The van der Waals surface area contributed by atoms with Gasteiger partial charge in [0.25, 0.3) is 0 Å². The highest BCUT2D eigenvalue weighted by Gasteiger charge is 2.36. The van der Waals surface area contributed by atoms with E-state index in [-0.39, 0.29) is 5.56 Å². The fourth-order valence-corrected chi connectivity index (χ4v) is 1.52. The molecule has 1 aromatic carbocycles. The van der Waals surface area contributed by atoms with Gasteiger partial charge in [0.05, 0.1) is 13.2 Å². The van der Waals surface area contributed by atoms with Crippen LogP contribution < -0.4 is 0 Å². The maximum Gasteiger partial charge on any atom is 0.195 e. The van der Waals surface area contributed by atoms with E-state index in [1.807, 2.05) is 0 Å². The van der Waals surface area contributed by atoms with E-state index in [1.54, 1.807) is 6.92 Å². The predicted molar refractivity (Wildman–Crippen MR) is 45.6 cm³/mol. The van der Waals surface area contributed by atoms with Gasteiger partial charge in [-0.1, -0.05) is 12.1 Å². The van der Waals surface area contributed by atoms with Crippen molar-refractivity contribution in [3.05, 3.63) is 35.4 Å². The number of rotatable bonds is 1. The molecule has 1 fully saturated rings. The van der Waals surface area contributed by atoms with Crippen molar-refractivity contribution in [3.63, 3.8) is 0 Å². The lowest BCUT2D eigenvalue weighted by Gasteiger charge is -2.23. The number of ether oxygens (including phenoxy) is 2. The largest absolute Gasteiger partial charge is 0.344 e. The molecule has 1 aliphatic heterocycles. The van der Waals surface area contributed by atoms with Crippen molar-refractivity contribution in [2.24, 2.45) is 0 Å². The first-order valence-corrected chi connectivity index (χ1v) is 4.36. The van der Waals surface area contributed by atoms with E-state index in [2.05, 4.69) is 0 Å². The fourth-order valence-electron chi connectivity index (χ4n) is 1.52. The second-order valence-corrected chi connectivity index (χ2v) is 3.24. The molecule has 1 saturated heterocycles. The lowest BCUT2D eigenvalue weighted by molar-refractivity contribution is -0.152. The molecule has 0 saturated carbocycles. The van der Waals surface area contributed by atoms with Crippen molar-refractivity contribution >= 4 is 0 Å². The summed E-state index contributed by atoms with van der Waals surface area (Å²) in [5.74, 6) is -2.94. The Morgan fingerprint density at radius 3 is 2.50 bits per heavy atom. The first-order valence-electron chi connectivity index (χ1n) is 4.36. The summed E-state index contributed by atoms with van der Waals surface area (Å²) in [6, 6.07) is 3.96. The lowest BCUT2D eigenvalue weighted by Crippen LogP contribution is -2.24. The molecular weight excluding hydrogens is 190 g/mol. The zero-order valence-corrected chi connectivity index (χ0v) is 7.72. The van der Waals surface area contributed by atoms with Crippen LogP contribution in [0.4, 0.5) is 8.78 Å². The summed E-state index contributed by atoms with van der Waals surface area (Å²) in [6.45, 7) is 2.37. The highest BCUT2D eigenvalue weighted by atomic mass is 19.2. The molecule has 4 heteroatoms. The van der Waals surface area contributed by atoms with Crippen molar-refractivity contribution in [1.29, 1.82) is 0 Å². The average molecular weight is 200 g/mol. The molecule has 2 nitrogen and oxygen atoms in total. The topological polar surface area (TPSA) is 18.5 Å². The highest BCUT2D eigenvalue weighted by molar-refractivity contribution is 5.23. The third-order valence-corrected chi connectivity index (χ3v) is 2.28. The average Bonchev–Trinajstić information content (AvgIpc) is 2.58. The summed E-state index contributed by atoms with van der Waals surface area (Å²) >= 11 is 0. The molecule has 0 aliphatic carbocycles. The van der Waals surface area contributed by atoms with Gasteiger partial charge in [-0.2, -0.15) is 0 Å². The van der Waals surface area contributed by atoms with Gasteiger partial charge in [-0.3, -0.25) is 0 Å². The van der Waals surface area contributed by atoms with Crippen molar-refractivity contribution in [2.75, 3.05) is 13.2 Å². The van der Waals surface area contributed by atoms with Crippen LogP contribution in [-0.4, -0.2) is 13.2 Å². The Hall–Kier alpha value is -1.00. The number of halogens is 2. The second kappa shape index (κ2) is 3.29. The van der Waals surface area contributed by atoms with Crippen LogP contribution >= 0.6 is 0 Å². The molecule has 0 unspecified atom stereocenters. The Morgan fingerprint density at radius 1 is 1.21 bits per heavy atom. The molecule has 0 aromatic heterocycles. The van der Waals surface area contributed by atoms with E-state index in [9.17, 15) is 8.78 Å². The molecule has 1 heterocycles. The van der Waals surface area contributed by atoms with Gasteiger partial charge in [0, 0.05) is 5.56 Å². The van der Waals surface area contributed by atoms with Crippen LogP contribution in [0, 0.1) is 11.6 Å². The Balaban J connectivity index is 2.45. The normalized spacial score (nSPS) is 19.9. The van der Waals surface area contributed by atoms with E-state index in [0.717, 1.165) is 6.07 Å². The van der Waals surface area contributed by atoms with Crippen LogP contribution in [0.15, 0.2) is 18.2 Å².